The Hall–Kier alpha value is -0.610. The van der Waals surface area contributed by atoms with Crippen molar-refractivity contribution in [3.05, 3.63) is 0 Å². The van der Waals surface area contributed by atoms with E-state index in [0.717, 1.165) is 32.2 Å². The lowest BCUT2D eigenvalue weighted by Crippen LogP contribution is -2.50. The molecule has 0 bridgehead atoms. The van der Waals surface area contributed by atoms with Crippen LogP contribution < -0.4 is 5.32 Å². The first-order valence-corrected chi connectivity index (χ1v) is 6.77. The fourth-order valence-electron chi connectivity index (χ4n) is 2.58. The van der Waals surface area contributed by atoms with Gasteiger partial charge in [0.2, 0.25) is 5.91 Å². The first-order valence-electron chi connectivity index (χ1n) is 6.77. The fraction of sp³-hybridized carbons (Fsp3) is 0.923. The van der Waals surface area contributed by atoms with E-state index in [-0.39, 0.29) is 30.6 Å². The lowest BCUT2D eigenvalue weighted by Gasteiger charge is -2.29. The summed E-state index contributed by atoms with van der Waals surface area (Å²) in [4.78, 5) is 14.2. The van der Waals surface area contributed by atoms with Crippen LogP contribution in [0.3, 0.4) is 0 Å². The van der Waals surface area contributed by atoms with Crippen LogP contribution in [-0.2, 0) is 4.79 Å². The van der Waals surface area contributed by atoms with E-state index in [2.05, 4.69) is 17.1 Å². The number of rotatable bonds is 6. The van der Waals surface area contributed by atoms with Gasteiger partial charge < -0.3 is 10.4 Å². The number of amides is 1. The Morgan fingerprint density at radius 1 is 1.53 bits per heavy atom. The van der Waals surface area contributed by atoms with Gasteiger partial charge in [-0.2, -0.15) is 0 Å². The molecule has 0 aromatic carbocycles. The van der Waals surface area contributed by atoms with Crippen LogP contribution >= 0.6 is 0 Å². The van der Waals surface area contributed by atoms with Crippen molar-refractivity contribution >= 4 is 5.91 Å². The van der Waals surface area contributed by atoms with Gasteiger partial charge in [-0.25, -0.2) is 0 Å². The third kappa shape index (κ3) is 3.96. The van der Waals surface area contributed by atoms with Gasteiger partial charge in [0.15, 0.2) is 0 Å². The number of carbonyl (C=O) groups is 1. The van der Waals surface area contributed by atoms with Crippen LogP contribution in [0.1, 0.15) is 46.5 Å². The van der Waals surface area contributed by atoms with E-state index < -0.39 is 0 Å². The van der Waals surface area contributed by atoms with Crippen molar-refractivity contribution in [3.8, 4) is 0 Å². The minimum Gasteiger partial charge on any atom is -0.395 e. The highest BCUT2D eigenvalue weighted by atomic mass is 16.3. The zero-order valence-electron chi connectivity index (χ0n) is 11.3. The smallest absolute Gasteiger partial charge is 0.237 e. The number of nitrogens with one attached hydrogen (secondary N) is 1. The monoisotopic (exact) mass is 242 g/mol. The second-order valence-corrected chi connectivity index (χ2v) is 5.09. The van der Waals surface area contributed by atoms with Crippen molar-refractivity contribution in [3.63, 3.8) is 0 Å². The summed E-state index contributed by atoms with van der Waals surface area (Å²) >= 11 is 0. The quantitative estimate of drug-likeness (QED) is 0.734. The van der Waals surface area contributed by atoms with Crippen LogP contribution in [-0.4, -0.2) is 47.2 Å². The number of hydrogen-bond acceptors (Lipinski definition) is 3. The topological polar surface area (TPSA) is 52.6 Å². The molecular formula is C13H26N2O2. The molecule has 1 amide bonds. The molecule has 2 unspecified atom stereocenters. The summed E-state index contributed by atoms with van der Waals surface area (Å²) in [5.41, 5.74) is 0. The number of hydrogen-bond donors (Lipinski definition) is 2. The first-order chi connectivity index (χ1) is 8.10. The number of aliphatic hydroxyl groups excluding tert-OH is 1. The molecule has 1 saturated heterocycles. The zero-order valence-corrected chi connectivity index (χ0v) is 11.3. The molecule has 0 spiro atoms. The van der Waals surface area contributed by atoms with Crippen LogP contribution in [0.5, 0.6) is 0 Å². The molecule has 0 aromatic heterocycles. The highest BCUT2D eigenvalue weighted by molar-refractivity contribution is 5.81. The van der Waals surface area contributed by atoms with Crippen molar-refractivity contribution in [2.75, 3.05) is 13.2 Å². The molecule has 0 radical (unpaired) electrons. The number of likely N-dealkylation sites (tertiary alicyclic amines) is 1. The molecule has 100 valence electrons. The summed E-state index contributed by atoms with van der Waals surface area (Å²) in [6, 6.07) is 0.274. The van der Waals surface area contributed by atoms with E-state index in [9.17, 15) is 9.90 Å². The Morgan fingerprint density at radius 2 is 2.24 bits per heavy atom. The van der Waals surface area contributed by atoms with Crippen LogP contribution in [0.4, 0.5) is 0 Å². The molecular weight excluding hydrogens is 216 g/mol. The molecule has 0 aliphatic carbocycles. The van der Waals surface area contributed by atoms with Gasteiger partial charge in [0.25, 0.3) is 0 Å². The van der Waals surface area contributed by atoms with Gasteiger partial charge in [0, 0.05) is 12.1 Å². The van der Waals surface area contributed by atoms with Gasteiger partial charge in [-0.05, 0) is 39.7 Å². The summed E-state index contributed by atoms with van der Waals surface area (Å²) in [5.74, 6) is 0.0892. The summed E-state index contributed by atoms with van der Waals surface area (Å²) in [5, 5.41) is 12.3. The minimum absolute atomic E-state index is 0.0892. The summed E-state index contributed by atoms with van der Waals surface area (Å²) in [6.07, 6.45) is 4.17. The van der Waals surface area contributed by atoms with Gasteiger partial charge in [-0.3, -0.25) is 9.69 Å². The molecule has 1 aliphatic rings. The third-order valence-corrected chi connectivity index (χ3v) is 3.62. The molecule has 1 rings (SSSR count). The van der Waals surface area contributed by atoms with E-state index in [4.69, 9.17) is 0 Å². The second kappa shape index (κ2) is 6.97. The predicted octanol–water partition coefficient (Wildman–Crippen LogP) is 1.14. The molecule has 4 heteroatoms. The Kier molecular flexibility index (Phi) is 5.92. The standard InChI is InChI=1S/C13H26N2O2/c1-4-6-10(2)14-13(17)11(3)15-8-5-7-12(15)9-16/h10-12,16H,4-9H2,1-3H3,(H,14,17)/t10?,11?,12-/m0/s1. The summed E-state index contributed by atoms with van der Waals surface area (Å²) < 4.78 is 0. The first kappa shape index (κ1) is 14.5. The third-order valence-electron chi connectivity index (χ3n) is 3.62. The highest BCUT2D eigenvalue weighted by Crippen LogP contribution is 2.19. The van der Waals surface area contributed by atoms with Crippen LogP contribution in [0, 0.1) is 0 Å². The van der Waals surface area contributed by atoms with Gasteiger partial charge in [-0.15, -0.1) is 0 Å². The van der Waals surface area contributed by atoms with Crippen molar-refractivity contribution in [2.24, 2.45) is 0 Å². The minimum atomic E-state index is -0.131. The van der Waals surface area contributed by atoms with Crippen molar-refractivity contribution in [2.45, 2.75) is 64.6 Å². The van der Waals surface area contributed by atoms with Crippen LogP contribution in [0.25, 0.3) is 0 Å². The molecule has 0 aromatic rings. The van der Waals surface area contributed by atoms with Crippen molar-refractivity contribution in [1.82, 2.24) is 10.2 Å². The molecule has 2 N–H and O–H groups in total. The van der Waals surface area contributed by atoms with E-state index in [0.29, 0.717) is 0 Å². The lowest BCUT2D eigenvalue weighted by molar-refractivity contribution is -0.127. The van der Waals surface area contributed by atoms with Crippen LogP contribution in [0.15, 0.2) is 0 Å². The second-order valence-electron chi connectivity index (χ2n) is 5.09. The molecule has 1 heterocycles. The fourth-order valence-corrected chi connectivity index (χ4v) is 2.58. The van der Waals surface area contributed by atoms with Crippen LogP contribution in [0.2, 0.25) is 0 Å². The van der Waals surface area contributed by atoms with Crippen molar-refractivity contribution < 1.29 is 9.90 Å². The van der Waals surface area contributed by atoms with E-state index in [1.165, 1.54) is 0 Å². The number of aliphatic hydroxyl groups is 1. The molecule has 3 atom stereocenters. The van der Waals surface area contributed by atoms with E-state index in [1.54, 1.807) is 0 Å². The Labute approximate surface area is 104 Å². The molecule has 17 heavy (non-hydrogen) atoms. The maximum absolute atomic E-state index is 12.0. The van der Waals surface area contributed by atoms with Crippen molar-refractivity contribution in [1.29, 1.82) is 0 Å². The highest BCUT2D eigenvalue weighted by Gasteiger charge is 2.31. The number of carbonyl (C=O) groups excluding carboxylic acids is 1. The molecule has 4 nitrogen and oxygen atoms in total. The van der Waals surface area contributed by atoms with Gasteiger partial charge in [-0.1, -0.05) is 13.3 Å². The van der Waals surface area contributed by atoms with Gasteiger partial charge in [0.1, 0.15) is 0 Å². The maximum atomic E-state index is 12.0. The summed E-state index contributed by atoms with van der Waals surface area (Å²) in [6.45, 7) is 7.17. The molecule has 0 saturated carbocycles. The average molecular weight is 242 g/mol. The summed E-state index contributed by atoms with van der Waals surface area (Å²) in [7, 11) is 0. The molecule has 1 aliphatic heterocycles. The Bertz CT molecular complexity index is 246. The van der Waals surface area contributed by atoms with E-state index in [1.807, 2.05) is 13.8 Å². The van der Waals surface area contributed by atoms with Gasteiger partial charge in [0.05, 0.1) is 12.6 Å². The Morgan fingerprint density at radius 3 is 2.82 bits per heavy atom. The van der Waals surface area contributed by atoms with E-state index >= 15 is 0 Å². The Balaban J connectivity index is 2.45. The maximum Gasteiger partial charge on any atom is 0.237 e. The normalized spacial score (nSPS) is 24.6. The lowest BCUT2D eigenvalue weighted by atomic mass is 10.1. The average Bonchev–Trinajstić information content (AvgIpc) is 2.76. The predicted molar refractivity (Wildman–Crippen MR) is 68.8 cm³/mol. The SMILES string of the molecule is CCCC(C)NC(=O)C(C)N1CCC[C@H]1CO. The number of nitrogens with zero attached hydrogens (tertiary/aromatic N) is 1. The molecule has 1 fully saturated rings. The zero-order chi connectivity index (χ0) is 12.8. The largest absolute Gasteiger partial charge is 0.395 e. The van der Waals surface area contributed by atoms with Gasteiger partial charge >= 0.3 is 0 Å².